The number of aryl methyl sites for hydroxylation is 1. The Hall–Kier alpha value is -3.26. The van der Waals surface area contributed by atoms with Gasteiger partial charge in [-0.1, -0.05) is 35.1 Å². The van der Waals surface area contributed by atoms with Crippen LogP contribution in [-0.2, 0) is 5.75 Å². The quantitative estimate of drug-likeness (QED) is 0.470. The SMILES string of the molecule is Cc1cc(CSc2nnc(-c3ccc4c(c3)OCO4)n2-c2ccccc2)no1. The van der Waals surface area contributed by atoms with E-state index in [-0.39, 0.29) is 6.79 Å². The van der Waals surface area contributed by atoms with E-state index >= 15 is 0 Å². The molecule has 7 nitrogen and oxygen atoms in total. The van der Waals surface area contributed by atoms with Crippen molar-refractivity contribution in [2.24, 2.45) is 0 Å². The van der Waals surface area contributed by atoms with Gasteiger partial charge in [0.25, 0.3) is 0 Å². The topological polar surface area (TPSA) is 75.2 Å². The Morgan fingerprint density at radius 1 is 1.00 bits per heavy atom. The van der Waals surface area contributed by atoms with Crippen LogP contribution in [0.4, 0.5) is 0 Å². The van der Waals surface area contributed by atoms with Gasteiger partial charge in [-0.2, -0.15) is 0 Å². The first-order chi connectivity index (χ1) is 13.8. The van der Waals surface area contributed by atoms with E-state index in [2.05, 4.69) is 15.4 Å². The molecule has 1 aliphatic heterocycles. The first-order valence-corrected chi connectivity index (χ1v) is 9.72. The lowest BCUT2D eigenvalue weighted by atomic mass is 10.2. The number of ether oxygens (including phenoxy) is 2. The fraction of sp³-hybridized carbons (Fsp3) is 0.150. The molecule has 8 heteroatoms. The molecule has 0 amide bonds. The number of hydrogen-bond donors (Lipinski definition) is 0. The van der Waals surface area contributed by atoms with Crippen LogP contribution in [0.1, 0.15) is 11.5 Å². The number of nitrogens with zero attached hydrogens (tertiary/aromatic N) is 4. The van der Waals surface area contributed by atoms with E-state index in [1.54, 1.807) is 11.8 Å². The monoisotopic (exact) mass is 392 g/mol. The van der Waals surface area contributed by atoms with Gasteiger partial charge in [0.05, 0.1) is 5.69 Å². The minimum absolute atomic E-state index is 0.238. The summed E-state index contributed by atoms with van der Waals surface area (Å²) in [7, 11) is 0. The Morgan fingerprint density at radius 3 is 2.68 bits per heavy atom. The average molecular weight is 392 g/mol. The molecule has 28 heavy (non-hydrogen) atoms. The highest BCUT2D eigenvalue weighted by atomic mass is 32.2. The number of thioether (sulfide) groups is 1. The normalized spacial score (nSPS) is 12.5. The number of para-hydroxylation sites is 1. The highest BCUT2D eigenvalue weighted by Crippen LogP contribution is 2.37. The Balaban J connectivity index is 1.54. The molecule has 0 atom stereocenters. The first kappa shape index (κ1) is 16.9. The second kappa shape index (κ2) is 7.05. The zero-order valence-corrected chi connectivity index (χ0v) is 15.8. The number of rotatable bonds is 5. The molecular weight excluding hydrogens is 376 g/mol. The molecule has 0 fully saturated rings. The van der Waals surface area contributed by atoms with E-state index in [0.29, 0.717) is 11.5 Å². The molecule has 5 rings (SSSR count). The summed E-state index contributed by atoms with van der Waals surface area (Å²) in [5, 5.41) is 13.7. The molecule has 4 aromatic rings. The number of benzene rings is 2. The molecule has 0 radical (unpaired) electrons. The van der Waals surface area contributed by atoms with Gasteiger partial charge in [0.1, 0.15) is 5.76 Å². The molecular formula is C20H16N4O3S. The molecule has 0 unspecified atom stereocenters. The van der Waals surface area contributed by atoms with Crippen LogP contribution in [0, 0.1) is 6.92 Å². The number of fused-ring (bicyclic) bond motifs is 1. The van der Waals surface area contributed by atoms with Crippen molar-refractivity contribution in [3.8, 4) is 28.6 Å². The van der Waals surface area contributed by atoms with Crippen LogP contribution in [-0.4, -0.2) is 26.7 Å². The van der Waals surface area contributed by atoms with Crippen LogP contribution in [0.15, 0.2) is 64.3 Å². The van der Waals surface area contributed by atoms with E-state index in [9.17, 15) is 0 Å². The molecule has 0 spiro atoms. The first-order valence-electron chi connectivity index (χ1n) is 8.74. The van der Waals surface area contributed by atoms with Crippen molar-refractivity contribution >= 4 is 11.8 Å². The summed E-state index contributed by atoms with van der Waals surface area (Å²) in [6, 6.07) is 17.8. The second-order valence-corrected chi connectivity index (χ2v) is 7.21. The molecule has 2 aromatic carbocycles. The third-order valence-corrected chi connectivity index (χ3v) is 5.27. The van der Waals surface area contributed by atoms with E-state index in [1.807, 2.05) is 66.1 Å². The fourth-order valence-corrected chi connectivity index (χ4v) is 3.85. The summed E-state index contributed by atoms with van der Waals surface area (Å²) >= 11 is 1.56. The number of hydrogen-bond acceptors (Lipinski definition) is 7. The fourth-order valence-electron chi connectivity index (χ4n) is 3.02. The summed E-state index contributed by atoms with van der Waals surface area (Å²) in [6.07, 6.45) is 0. The summed E-state index contributed by atoms with van der Waals surface area (Å²) in [4.78, 5) is 0. The number of aromatic nitrogens is 4. The zero-order valence-electron chi connectivity index (χ0n) is 15.0. The van der Waals surface area contributed by atoms with E-state index in [0.717, 1.165) is 39.4 Å². The Labute approximate surface area is 165 Å². The third kappa shape index (κ3) is 3.11. The van der Waals surface area contributed by atoms with Gasteiger partial charge in [0.15, 0.2) is 22.5 Å². The van der Waals surface area contributed by atoms with Crippen molar-refractivity contribution in [3.63, 3.8) is 0 Å². The summed E-state index contributed by atoms with van der Waals surface area (Å²) < 4.78 is 18.1. The van der Waals surface area contributed by atoms with E-state index < -0.39 is 0 Å². The van der Waals surface area contributed by atoms with E-state index in [1.165, 1.54) is 0 Å². The van der Waals surface area contributed by atoms with Crippen LogP contribution < -0.4 is 9.47 Å². The Bertz CT molecular complexity index is 1120. The van der Waals surface area contributed by atoms with Gasteiger partial charge >= 0.3 is 0 Å². The lowest BCUT2D eigenvalue weighted by Gasteiger charge is -2.10. The molecule has 0 bridgehead atoms. The highest BCUT2D eigenvalue weighted by Gasteiger charge is 2.20. The molecule has 2 aromatic heterocycles. The van der Waals surface area contributed by atoms with Crippen molar-refractivity contribution in [2.75, 3.05) is 6.79 Å². The molecule has 0 N–H and O–H groups in total. The summed E-state index contributed by atoms with van der Waals surface area (Å²) in [6.45, 7) is 2.12. The molecule has 0 saturated carbocycles. The molecule has 3 heterocycles. The van der Waals surface area contributed by atoms with Gasteiger partial charge in [-0.05, 0) is 37.3 Å². The second-order valence-electron chi connectivity index (χ2n) is 6.26. The Kier molecular flexibility index (Phi) is 4.25. The van der Waals surface area contributed by atoms with Gasteiger partial charge in [-0.25, -0.2) is 0 Å². The van der Waals surface area contributed by atoms with Crippen molar-refractivity contribution in [1.29, 1.82) is 0 Å². The van der Waals surface area contributed by atoms with Gasteiger partial charge in [-0.15, -0.1) is 10.2 Å². The maximum atomic E-state index is 5.52. The summed E-state index contributed by atoms with van der Waals surface area (Å²) in [5.74, 6) is 3.63. The van der Waals surface area contributed by atoms with Gasteiger partial charge in [0.2, 0.25) is 6.79 Å². The largest absolute Gasteiger partial charge is 0.454 e. The van der Waals surface area contributed by atoms with Crippen molar-refractivity contribution < 1.29 is 14.0 Å². The predicted octanol–water partition coefficient (Wildman–Crippen LogP) is 4.25. The zero-order chi connectivity index (χ0) is 18.9. The third-order valence-electron chi connectivity index (χ3n) is 4.30. The molecule has 0 saturated heterocycles. The smallest absolute Gasteiger partial charge is 0.231 e. The summed E-state index contributed by atoms with van der Waals surface area (Å²) in [5.41, 5.74) is 2.76. The molecule has 1 aliphatic rings. The van der Waals surface area contributed by atoms with Gasteiger partial charge in [0, 0.05) is 23.1 Å². The standard InChI is InChI=1S/C20H16N4O3S/c1-13-9-15(23-27-13)11-28-20-22-21-19(24(20)16-5-3-2-4-6-16)14-7-8-17-18(10-14)26-12-25-17/h2-10H,11-12H2,1H3. The predicted molar refractivity (Wildman–Crippen MR) is 104 cm³/mol. The maximum Gasteiger partial charge on any atom is 0.231 e. The highest BCUT2D eigenvalue weighted by molar-refractivity contribution is 7.98. The van der Waals surface area contributed by atoms with Crippen LogP contribution in [0.25, 0.3) is 17.1 Å². The maximum absolute atomic E-state index is 5.52. The van der Waals surface area contributed by atoms with E-state index in [4.69, 9.17) is 14.0 Å². The Morgan fingerprint density at radius 2 is 1.86 bits per heavy atom. The van der Waals surface area contributed by atoms with Crippen LogP contribution in [0.3, 0.4) is 0 Å². The van der Waals surface area contributed by atoms with Gasteiger partial charge < -0.3 is 14.0 Å². The van der Waals surface area contributed by atoms with Crippen molar-refractivity contribution in [3.05, 3.63) is 66.1 Å². The minimum Gasteiger partial charge on any atom is -0.454 e. The van der Waals surface area contributed by atoms with Crippen molar-refractivity contribution in [1.82, 2.24) is 19.9 Å². The molecule has 140 valence electrons. The average Bonchev–Trinajstić information content (AvgIpc) is 3.45. The van der Waals surface area contributed by atoms with Crippen LogP contribution in [0.2, 0.25) is 0 Å². The minimum atomic E-state index is 0.238. The van der Waals surface area contributed by atoms with Crippen molar-refractivity contribution in [2.45, 2.75) is 17.8 Å². The van der Waals surface area contributed by atoms with Crippen LogP contribution >= 0.6 is 11.8 Å². The molecule has 0 aliphatic carbocycles. The lowest BCUT2D eigenvalue weighted by molar-refractivity contribution is 0.174. The van der Waals surface area contributed by atoms with Crippen LogP contribution in [0.5, 0.6) is 11.5 Å². The van der Waals surface area contributed by atoms with Gasteiger partial charge in [-0.3, -0.25) is 4.57 Å². The lowest BCUT2D eigenvalue weighted by Crippen LogP contribution is -1.99.